The van der Waals surface area contributed by atoms with Crippen LogP contribution in [0.5, 0.6) is 0 Å². The maximum atomic E-state index is 12.0. The summed E-state index contributed by atoms with van der Waals surface area (Å²) in [4.78, 5) is 23.9. The van der Waals surface area contributed by atoms with E-state index in [9.17, 15) is 22.6 Å². The lowest BCUT2D eigenvalue weighted by Crippen LogP contribution is -2.38. The summed E-state index contributed by atoms with van der Waals surface area (Å²) in [6, 6.07) is 0. The number of fused-ring (bicyclic) bond motifs is 2. The standard InChI is InChI=1S/C12H23OS.C10H16O4S/c1-3-14(4-2)10-12(13)11-8-6-5-7-9-11;1-9(2)6-4-5-10(9,3)8(11)7(6)15(12,13)14/h11H,3-10H2,1-2H3;6-7H,4-5H2,1-3H3,(H,12,13,14)/q+1;/p-1. The van der Waals surface area contributed by atoms with Gasteiger partial charge in [-0.05, 0) is 61.8 Å². The molecule has 3 rings (SSSR count). The zero-order chi connectivity index (χ0) is 22.0. The van der Waals surface area contributed by atoms with Gasteiger partial charge in [0.25, 0.3) is 0 Å². The van der Waals surface area contributed by atoms with Gasteiger partial charge in [-0.1, -0.05) is 40.0 Å². The van der Waals surface area contributed by atoms with Crippen LogP contribution < -0.4 is 0 Å². The van der Waals surface area contributed by atoms with Gasteiger partial charge in [-0.15, -0.1) is 0 Å². The smallest absolute Gasteiger partial charge is 0.184 e. The highest BCUT2D eigenvalue weighted by molar-refractivity contribution is 7.97. The minimum atomic E-state index is -4.49. The van der Waals surface area contributed by atoms with Gasteiger partial charge < -0.3 is 4.55 Å². The molecule has 0 aromatic carbocycles. The molecule has 3 aliphatic rings. The molecular weight excluding hydrogens is 408 g/mol. The molecule has 168 valence electrons. The first kappa shape index (κ1) is 24.9. The predicted octanol–water partition coefficient (Wildman–Crippen LogP) is 3.72. The van der Waals surface area contributed by atoms with Gasteiger partial charge in [0, 0.05) is 11.3 Å². The first-order valence-electron chi connectivity index (χ1n) is 11.1. The van der Waals surface area contributed by atoms with E-state index in [1.807, 2.05) is 13.8 Å². The summed E-state index contributed by atoms with van der Waals surface area (Å²) >= 11 is 0. The fourth-order valence-electron chi connectivity index (χ4n) is 5.49. The van der Waals surface area contributed by atoms with Gasteiger partial charge in [0.1, 0.15) is 26.9 Å². The predicted molar refractivity (Wildman–Crippen MR) is 118 cm³/mol. The van der Waals surface area contributed by atoms with Gasteiger partial charge in [0.15, 0.2) is 17.3 Å². The Balaban J connectivity index is 0.000000208. The van der Waals surface area contributed by atoms with Crippen LogP contribution in [0.15, 0.2) is 0 Å². The van der Waals surface area contributed by atoms with Crippen molar-refractivity contribution in [2.45, 2.75) is 84.8 Å². The minimum absolute atomic E-state index is 0.294. The summed E-state index contributed by atoms with van der Waals surface area (Å²) in [7, 11) is -4.11. The Labute approximate surface area is 179 Å². The second kappa shape index (κ2) is 9.39. The van der Waals surface area contributed by atoms with Crippen molar-refractivity contribution in [2.75, 3.05) is 17.3 Å². The molecule has 0 aromatic heterocycles. The number of rotatable bonds is 6. The van der Waals surface area contributed by atoms with E-state index in [1.54, 1.807) is 6.92 Å². The van der Waals surface area contributed by atoms with Crippen LogP contribution in [0.4, 0.5) is 0 Å². The van der Waals surface area contributed by atoms with Gasteiger partial charge in [-0.3, -0.25) is 9.59 Å². The summed E-state index contributed by atoms with van der Waals surface area (Å²) in [5.74, 6) is 3.59. The second-order valence-corrected chi connectivity index (χ2v) is 13.8. The Hall–Kier alpha value is -0.400. The lowest BCUT2D eigenvalue weighted by atomic mass is 9.70. The number of hydrogen-bond donors (Lipinski definition) is 0. The fourth-order valence-corrected chi connectivity index (χ4v) is 8.34. The number of ketones is 2. The molecule has 0 spiro atoms. The molecule has 0 saturated heterocycles. The van der Waals surface area contributed by atoms with Crippen molar-refractivity contribution in [2.24, 2.45) is 22.7 Å². The van der Waals surface area contributed by atoms with Crippen LogP contribution in [0, 0.1) is 22.7 Å². The Morgan fingerprint density at radius 3 is 2.00 bits per heavy atom. The lowest BCUT2D eigenvalue weighted by Gasteiger charge is -2.32. The maximum Gasteiger partial charge on any atom is 0.184 e. The fraction of sp³-hybridized carbons (Fsp3) is 0.909. The van der Waals surface area contributed by atoms with Crippen molar-refractivity contribution in [1.29, 1.82) is 0 Å². The molecule has 2 bridgehead atoms. The van der Waals surface area contributed by atoms with E-state index in [1.165, 1.54) is 43.6 Å². The zero-order valence-corrected chi connectivity index (χ0v) is 20.3. The highest BCUT2D eigenvalue weighted by atomic mass is 32.2. The van der Waals surface area contributed by atoms with Crippen LogP contribution in [0.1, 0.15) is 79.6 Å². The number of carbonyl (C=O) groups excluding carboxylic acids is 2. The lowest BCUT2D eigenvalue weighted by molar-refractivity contribution is -0.128. The van der Waals surface area contributed by atoms with Crippen molar-refractivity contribution < 1.29 is 22.6 Å². The Morgan fingerprint density at radius 1 is 1.07 bits per heavy atom. The normalized spacial score (nSPS) is 31.6. The molecular formula is C22H38O5S2. The van der Waals surface area contributed by atoms with E-state index >= 15 is 0 Å². The monoisotopic (exact) mass is 446 g/mol. The quantitative estimate of drug-likeness (QED) is 0.458. The SMILES string of the molecule is CC12CCC(C(S(=O)(=O)[O-])C1=O)C2(C)C.CC[S+](CC)CC(=O)C1CCCCC1. The van der Waals surface area contributed by atoms with Crippen molar-refractivity contribution in [3.63, 3.8) is 0 Å². The number of Topliss-reactive ketones (excluding diaryl/α,β-unsaturated/α-hetero) is 2. The second-order valence-electron chi connectivity index (χ2n) is 9.61. The highest BCUT2D eigenvalue weighted by Gasteiger charge is 2.67. The van der Waals surface area contributed by atoms with Crippen molar-refractivity contribution in [3.05, 3.63) is 0 Å². The van der Waals surface area contributed by atoms with E-state index in [0.717, 1.165) is 5.75 Å². The van der Waals surface area contributed by atoms with E-state index in [4.69, 9.17) is 0 Å². The molecule has 0 aromatic rings. The molecule has 29 heavy (non-hydrogen) atoms. The average molecular weight is 447 g/mol. The number of carbonyl (C=O) groups is 2. The third-order valence-electron chi connectivity index (χ3n) is 8.01. The number of hydrogen-bond acceptors (Lipinski definition) is 5. The Kier molecular flexibility index (Phi) is 8.05. The summed E-state index contributed by atoms with van der Waals surface area (Å²) in [6.07, 6.45) is 7.62. The van der Waals surface area contributed by atoms with Gasteiger partial charge in [0.2, 0.25) is 0 Å². The molecule has 0 aliphatic heterocycles. The summed E-state index contributed by atoms with van der Waals surface area (Å²) in [5.41, 5.74) is -0.994. The molecule has 5 nitrogen and oxygen atoms in total. The van der Waals surface area contributed by atoms with Crippen LogP contribution in [0.25, 0.3) is 0 Å². The van der Waals surface area contributed by atoms with Crippen molar-refractivity contribution in [3.8, 4) is 0 Å². The van der Waals surface area contributed by atoms with E-state index in [2.05, 4.69) is 13.8 Å². The third-order valence-corrected chi connectivity index (χ3v) is 11.5. The first-order chi connectivity index (χ1) is 13.4. The third kappa shape index (κ3) is 4.93. The van der Waals surface area contributed by atoms with Crippen molar-refractivity contribution in [1.82, 2.24) is 0 Å². The zero-order valence-electron chi connectivity index (χ0n) is 18.7. The van der Waals surface area contributed by atoms with Crippen LogP contribution in [0.2, 0.25) is 0 Å². The molecule has 3 saturated carbocycles. The molecule has 3 atom stereocenters. The van der Waals surface area contributed by atoms with Crippen LogP contribution in [-0.4, -0.2) is 47.0 Å². The topological polar surface area (TPSA) is 91.3 Å². The molecule has 0 heterocycles. The minimum Gasteiger partial charge on any atom is -0.747 e. The Morgan fingerprint density at radius 2 is 1.62 bits per heavy atom. The Bertz CT molecular complexity index is 705. The van der Waals surface area contributed by atoms with Crippen LogP contribution >= 0.6 is 0 Å². The molecule has 0 amide bonds. The van der Waals surface area contributed by atoms with Crippen LogP contribution in [0.3, 0.4) is 0 Å². The highest BCUT2D eigenvalue weighted by Crippen LogP contribution is 2.64. The average Bonchev–Trinajstić information content (AvgIpc) is 2.98. The van der Waals surface area contributed by atoms with Crippen molar-refractivity contribution >= 4 is 32.6 Å². The molecule has 3 unspecified atom stereocenters. The van der Waals surface area contributed by atoms with Gasteiger partial charge in [0.05, 0.1) is 0 Å². The molecule has 3 fully saturated rings. The van der Waals surface area contributed by atoms with E-state index in [0.29, 0.717) is 35.4 Å². The summed E-state index contributed by atoms with van der Waals surface area (Å²) in [6.45, 7) is 10.0. The van der Waals surface area contributed by atoms with Gasteiger partial charge >= 0.3 is 0 Å². The maximum absolute atomic E-state index is 12.0. The molecule has 0 N–H and O–H groups in total. The molecule has 0 radical (unpaired) electrons. The van der Waals surface area contributed by atoms with E-state index < -0.39 is 20.8 Å². The largest absolute Gasteiger partial charge is 0.747 e. The van der Waals surface area contributed by atoms with Crippen LogP contribution in [-0.2, 0) is 30.6 Å². The first-order valence-corrected chi connectivity index (χ1v) is 14.3. The van der Waals surface area contributed by atoms with Gasteiger partial charge in [-0.25, -0.2) is 8.42 Å². The summed E-state index contributed by atoms with van der Waals surface area (Å²) in [5, 5.41) is -1.30. The molecule has 3 aliphatic carbocycles. The molecule has 7 heteroatoms. The summed E-state index contributed by atoms with van der Waals surface area (Å²) < 4.78 is 33.3. The van der Waals surface area contributed by atoms with E-state index in [-0.39, 0.29) is 17.1 Å². The van der Waals surface area contributed by atoms with Gasteiger partial charge in [-0.2, -0.15) is 0 Å².